The van der Waals surface area contributed by atoms with Crippen LogP contribution in [0.1, 0.15) is 33.1 Å². The highest BCUT2D eigenvalue weighted by atomic mass is 35.5. The van der Waals surface area contributed by atoms with E-state index in [-0.39, 0.29) is 24.4 Å². The fraction of sp³-hybridized carbons (Fsp3) is 0.929. The summed E-state index contributed by atoms with van der Waals surface area (Å²) in [6.45, 7) is 8.77. The second-order valence-corrected chi connectivity index (χ2v) is 5.95. The molecule has 2 aliphatic rings. The molecule has 0 spiro atoms. The van der Waals surface area contributed by atoms with E-state index in [1.54, 1.807) is 0 Å². The second-order valence-electron chi connectivity index (χ2n) is 5.95. The van der Waals surface area contributed by atoms with Crippen molar-refractivity contribution in [3.05, 3.63) is 0 Å². The molecule has 0 bridgehead atoms. The Morgan fingerprint density at radius 2 is 2.00 bits per heavy atom. The molecule has 0 saturated carbocycles. The van der Waals surface area contributed by atoms with E-state index < -0.39 is 0 Å². The predicted octanol–water partition coefficient (Wildman–Crippen LogP) is 1.68. The minimum atomic E-state index is 0. The Bertz CT molecular complexity index is 281. The number of hydrogen-bond acceptors (Lipinski definition) is 3. The van der Waals surface area contributed by atoms with Gasteiger partial charge in [0, 0.05) is 25.6 Å². The number of amides is 1. The van der Waals surface area contributed by atoms with Crippen LogP contribution in [-0.4, -0.2) is 49.7 Å². The molecule has 0 aromatic rings. The van der Waals surface area contributed by atoms with Gasteiger partial charge in [0.15, 0.2) is 0 Å². The summed E-state index contributed by atoms with van der Waals surface area (Å²) in [4.78, 5) is 14.3. The van der Waals surface area contributed by atoms with E-state index in [1.165, 1.54) is 0 Å². The largest absolute Gasteiger partial charge is 0.376 e. The maximum Gasteiger partial charge on any atom is 0.225 e. The van der Waals surface area contributed by atoms with Crippen LogP contribution in [0, 0.1) is 11.8 Å². The summed E-state index contributed by atoms with van der Waals surface area (Å²) in [7, 11) is 0. The van der Waals surface area contributed by atoms with Crippen molar-refractivity contribution in [3.63, 3.8) is 0 Å². The lowest BCUT2D eigenvalue weighted by Crippen LogP contribution is -2.40. The van der Waals surface area contributed by atoms with Crippen LogP contribution < -0.4 is 5.32 Å². The molecule has 1 amide bonds. The molecule has 2 fully saturated rings. The molecule has 2 heterocycles. The first kappa shape index (κ1) is 16.7. The van der Waals surface area contributed by atoms with Crippen molar-refractivity contribution in [2.24, 2.45) is 11.8 Å². The number of nitrogens with one attached hydrogen (secondary N) is 1. The summed E-state index contributed by atoms with van der Waals surface area (Å²) in [5, 5.41) is 3.31. The van der Waals surface area contributed by atoms with E-state index >= 15 is 0 Å². The van der Waals surface area contributed by atoms with E-state index in [0.717, 1.165) is 52.0 Å². The SMILES string of the molecule is CC(C)COC1CCN(C(=O)C2CCNCC2)C1.Cl. The number of likely N-dealkylation sites (tertiary alicyclic amines) is 1. The Kier molecular flexibility index (Phi) is 7.11. The molecule has 19 heavy (non-hydrogen) atoms. The van der Waals surface area contributed by atoms with Crippen LogP contribution in [0.3, 0.4) is 0 Å². The third-order valence-corrected chi connectivity index (χ3v) is 3.81. The zero-order chi connectivity index (χ0) is 13.0. The zero-order valence-corrected chi connectivity index (χ0v) is 12.9. The molecular formula is C14H27ClN2O2. The van der Waals surface area contributed by atoms with Crippen LogP contribution in [0.15, 0.2) is 0 Å². The van der Waals surface area contributed by atoms with Gasteiger partial charge in [-0.05, 0) is 38.3 Å². The van der Waals surface area contributed by atoms with Gasteiger partial charge in [-0.25, -0.2) is 0 Å². The molecule has 5 heteroatoms. The zero-order valence-electron chi connectivity index (χ0n) is 12.1. The predicted molar refractivity (Wildman–Crippen MR) is 78.6 cm³/mol. The van der Waals surface area contributed by atoms with Crippen molar-refractivity contribution >= 4 is 18.3 Å². The Labute approximate surface area is 122 Å². The number of carbonyl (C=O) groups is 1. The van der Waals surface area contributed by atoms with Crippen LogP contribution in [0.4, 0.5) is 0 Å². The summed E-state index contributed by atoms with van der Waals surface area (Å²) in [5.74, 6) is 1.17. The van der Waals surface area contributed by atoms with Gasteiger partial charge >= 0.3 is 0 Å². The van der Waals surface area contributed by atoms with Crippen molar-refractivity contribution in [3.8, 4) is 0 Å². The van der Waals surface area contributed by atoms with E-state index in [0.29, 0.717) is 11.8 Å². The summed E-state index contributed by atoms with van der Waals surface area (Å²) >= 11 is 0. The average Bonchev–Trinajstić information content (AvgIpc) is 2.85. The van der Waals surface area contributed by atoms with Gasteiger partial charge in [-0.1, -0.05) is 13.8 Å². The van der Waals surface area contributed by atoms with Gasteiger partial charge in [0.2, 0.25) is 5.91 Å². The van der Waals surface area contributed by atoms with Gasteiger partial charge in [-0.2, -0.15) is 0 Å². The lowest BCUT2D eigenvalue weighted by atomic mass is 9.97. The topological polar surface area (TPSA) is 41.6 Å². The Balaban J connectivity index is 0.00000180. The lowest BCUT2D eigenvalue weighted by Gasteiger charge is -2.26. The highest BCUT2D eigenvalue weighted by molar-refractivity contribution is 5.85. The molecule has 2 saturated heterocycles. The first-order chi connectivity index (χ1) is 8.66. The van der Waals surface area contributed by atoms with Crippen LogP contribution in [-0.2, 0) is 9.53 Å². The number of halogens is 1. The van der Waals surface area contributed by atoms with Gasteiger partial charge in [-0.15, -0.1) is 12.4 Å². The molecule has 2 aliphatic heterocycles. The maximum atomic E-state index is 12.3. The molecule has 0 aromatic heterocycles. The van der Waals surface area contributed by atoms with Crippen LogP contribution in [0.2, 0.25) is 0 Å². The van der Waals surface area contributed by atoms with Gasteiger partial charge < -0.3 is 15.0 Å². The normalized spacial score (nSPS) is 24.6. The highest BCUT2D eigenvalue weighted by Gasteiger charge is 2.31. The third-order valence-electron chi connectivity index (χ3n) is 3.81. The fourth-order valence-electron chi connectivity index (χ4n) is 2.72. The molecule has 1 unspecified atom stereocenters. The molecule has 112 valence electrons. The summed E-state index contributed by atoms with van der Waals surface area (Å²) in [6.07, 6.45) is 3.25. The maximum absolute atomic E-state index is 12.3. The summed E-state index contributed by atoms with van der Waals surface area (Å²) in [6, 6.07) is 0. The van der Waals surface area contributed by atoms with Crippen LogP contribution in [0.5, 0.6) is 0 Å². The molecule has 0 aromatic carbocycles. The third kappa shape index (κ3) is 4.93. The number of rotatable bonds is 4. The fourth-order valence-corrected chi connectivity index (χ4v) is 2.72. The van der Waals surface area contributed by atoms with Crippen molar-refractivity contribution in [1.29, 1.82) is 0 Å². The van der Waals surface area contributed by atoms with Gasteiger partial charge in [0.25, 0.3) is 0 Å². The number of nitrogens with zero attached hydrogens (tertiary/aromatic N) is 1. The first-order valence-electron chi connectivity index (χ1n) is 7.28. The lowest BCUT2D eigenvalue weighted by molar-refractivity contribution is -0.135. The molecule has 1 N–H and O–H groups in total. The Morgan fingerprint density at radius 1 is 1.32 bits per heavy atom. The Morgan fingerprint density at radius 3 is 2.63 bits per heavy atom. The van der Waals surface area contributed by atoms with Gasteiger partial charge in [-0.3, -0.25) is 4.79 Å². The van der Waals surface area contributed by atoms with Gasteiger partial charge in [0.1, 0.15) is 0 Å². The molecule has 2 rings (SSSR count). The van der Waals surface area contributed by atoms with Crippen LogP contribution in [0.25, 0.3) is 0 Å². The summed E-state index contributed by atoms with van der Waals surface area (Å²) < 4.78 is 5.83. The smallest absolute Gasteiger partial charge is 0.225 e. The number of ether oxygens (including phenoxy) is 1. The number of carbonyl (C=O) groups excluding carboxylic acids is 1. The molecular weight excluding hydrogens is 264 g/mol. The van der Waals surface area contributed by atoms with Crippen molar-refractivity contribution in [1.82, 2.24) is 10.2 Å². The molecule has 4 nitrogen and oxygen atoms in total. The monoisotopic (exact) mass is 290 g/mol. The molecule has 1 atom stereocenters. The van der Waals surface area contributed by atoms with Crippen molar-refractivity contribution in [2.45, 2.75) is 39.2 Å². The standard InChI is InChI=1S/C14H26N2O2.ClH/c1-11(2)10-18-13-5-8-16(9-13)14(17)12-3-6-15-7-4-12;/h11-13,15H,3-10H2,1-2H3;1H. The second kappa shape index (κ2) is 8.08. The Hall–Kier alpha value is -0.320. The number of hydrogen-bond donors (Lipinski definition) is 1. The first-order valence-corrected chi connectivity index (χ1v) is 7.28. The quantitative estimate of drug-likeness (QED) is 0.856. The van der Waals surface area contributed by atoms with Gasteiger partial charge in [0.05, 0.1) is 6.10 Å². The van der Waals surface area contributed by atoms with E-state index in [2.05, 4.69) is 19.2 Å². The minimum absolute atomic E-state index is 0. The molecule has 0 radical (unpaired) electrons. The number of piperidine rings is 1. The van der Waals surface area contributed by atoms with Crippen molar-refractivity contribution in [2.75, 3.05) is 32.8 Å². The van der Waals surface area contributed by atoms with Crippen molar-refractivity contribution < 1.29 is 9.53 Å². The molecule has 0 aliphatic carbocycles. The summed E-state index contributed by atoms with van der Waals surface area (Å²) in [5.41, 5.74) is 0. The van der Waals surface area contributed by atoms with E-state index in [4.69, 9.17) is 4.74 Å². The van der Waals surface area contributed by atoms with E-state index in [1.807, 2.05) is 4.90 Å². The average molecular weight is 291 g/mol. The van der Waals surface area contributed by atoms with E-state index in [9.17, 15) is 4.79 Å². The highest BCUT2D eigenvalue weighted by Crippen LogP contribution is 2.20. The van der Waals surface area contributed by atoms with Crippen LogP contribution >= 0.6 is 12.4 Å². The minimum Gasteiger partial charge on any atom is -0.376 e.